The minimum Gasteiger partial charge on any atom is -0.343 e. The lowest BCUT2D eigenvalue weighted by atomic mass is 10.0. The van der Waals surface area contributed by atoms with Crippen LogP contribution in [0.1, 0.15) is 36.6 Å². The second-order valence-corrected chi connectivity index (χ2v) is 5.33. The van der Waals surface area contributed by atoms with E-state index in [-0.39, 0.29) is 0 Å². The molecule has 1 N–H and O–H groups in total. The Balaban J connectivity index is 1.96. The van der Waals surface area contributed by atoms with E-state index in [0.29, 0.717) is 6.04 Å². The summed E-state index contributed by atoms with van der Waals surface area (Å²) in [6.45, 7) is 2.38. The van der Waals surface area contributed by atoms with Crippen LogP contribution in [0.15, 0.2) is 24.3 Å². The van der Waals surface area contributed by atoms with Gasteiger partial charge in [-0.25, -0.2) is 0 Å². The lowest BCUT2D eigenvalue weighted by Gasteiger charge is -2.20. The summed E-state index contributed by atoms with van der Waals surface area (Å²) in [5.41, 5.74) is 4.56. The van der Waals surface area contributed by atoms with Crippen LogP contribution >= 0.6 is 0 Å². The van der Waals surface area contributed by atoms with Gasteiger partial charge in [0.25, 0.3) is 0 Å². The molecule has 0 aliphatic carbocycles. The third-order valence-corrected chi connectivity index (χ3v) is 4.28. The average molecular weight is 226 g/mol. The predicted molar refractivity (Wildman–Crippen MR) is 70.2 cm³/mol. The summed E-state index contributed by atoms with van der Waals surface area (Å²) in [5.74, 6) is 0. The number of aromatic nitrogens is 1. The molecule has 4 rings (SSSR count). The molecule has 2 nitrogen and oxygen atoms in total. The molecule has 3 heterocycles. The Bertz CT molecular complexity index is 562. The standard InChI is InChI=1S/C15H18N2/c1-4-11-6-3-9-17-14(13-7-2-8-16-13)10-12(5-1)15(11)17/h1,4-5,10,13,16H,2-3,6-9H2. The lowest BCUT2D eigenvalue weighted by Crippen LogP contribution is -2.18. The molecule has 0 bridgehead atoms. The Kier molecular flexibility index (Phi) is 2.06. The number of nitrogens with zero attached hydrogens (tertiary/aromatic N) is 1. The highest BCUT2D eigenvalue weighted by atomic mass is 15.1. The van der Waals surface area contributed by atoms with E-state index in [4.69, 9.17) is 0 Å². The first-order valence-corrected chi connectivity index (χ1v) is 6.78. The highest BCUT2D eigenvalue weighted by Crippen LogP contribution is 2.33. The van der Waals surface area contributed by atoms with E-state index in [1.165, 1.54) is 60.9 Å². The van der Waals surface area contributed by atoms with E-state index < -0.39 is 0 Å². The summed E-state index contributed by atoms with van der Waals surface area (Å²) in [4.78, 5) is 0. The summed E-state index contributed by atoms with van der Waals surface area (Å²) >= 11 is 0. The summed E-state index contributed by atoms with van der Waals surface area (Å²) in [5, 5.41) is 5.07. The molecule has 0 radical (unpaired) electrons. The summed E-state index contributed by atoms with van der Waals surface area (Å²) in [6.07, 6.45) is 5.16. The van der Waals surface area contributed by atoms with Crippen molar-refractivity contribution in [2.24, 2.45) is 0 Å². The Labute approximate surface area is 102 Å². The normalized spacial score (nSPS) is 23.4. The van der Waals surface area contributed by atoms with Gasteiger partial charge in [0.15, 0.2) is 0 Å². The average Bonchev–Trinajstić information content (AvgIpc) is 2.98. The van der Waals surface area contributed by atoms with Crippen molar-refractivity contribution in [3.8, 4) is 0 Å². The van der Waals surface area contributed by atoms with Gasteiger partial charge in [0.2, 0.25) is 0 Å². The van der Waals surface area contributed by atoms with Crippen molar-refractivity contribution < 1.29 is 0 Å². The molecule has 17 heavy (non-hydrogen) atoms. The molecule has 1 aromatic carbocycles. The third kappa shape index (κ3) is 1.37. The molecule has 2 aliphatic heterocycles. The van der Waals surface area contributed by atoms with Crippen molar-refractivity contribution in [1.29, 1.82) is 0 Å². The van der Waals surface area contributed by atoms with Gasteiger partial charge in [0.1, 0.15) is 0 Å². The Morgan fingerprint density at radius 2 is 2.24 bits per heavy atom. The predicted octanol–water partition coefficient (Wildman–Crippen LogP) is 3.01. The zero-order chi connectivity index (χ0) is 11.2. The van der Waals surface area contributed by atoms with Gasteiger partial charge in [0.05, 0.1) is 5.52 Å². The first-order valence-electron chi connectivity index (χ1n) is 6.78. The van der Waals surface area contributed by atoms with Gasteiger partial charge < -0.3 is 9.88 Å². The number of hydrogen-bond acceptors (Lipinski definition) is 1. The molecule has 0 saturated carbocycles. The van der Waals surface area contributed by atoms with Gasteiger partial charge in [-0.2, -0.15) is 0 Å². The van der Waals surface area contributed by atoms with Crippen LogP contribution in [0.4, 0.5) is 0 Å². The summed E-state index contributed by atoms with van der Waals surface area (Å²) in [6, 6.07) is 9.77. The third-order valence-electron chi connectivity index (χ3n) is 4.28. The number of aryl methyl sites for hydroxylation is 2. The largest absolute Gasteiger partial charge is 0.343 e. The van der Waals surface area contributed by atoms with E-state index in [9.17, 15) is 0 Å². The van der Waals surface area contributed by atoms with Crippen molar-refractivity contribution in [3.63, 3.8) is 0 Å². The number of rotatable bonds is 1. The van der Waals surface area contributed by atoms with E-state index in [0.717, 1.165) is 0 Å². The van der Waals surface area contributed by atoms with Crippen LogP contribution in [0.2, 0.25) is 0 Å². The molecule has 2 heteroatoms. The van der Waals surface area contributed by atoms with Gasteiger partial charge in [-0.1, -0.05) is 18.2 Å². The molecule has 88 valence electrons. The molecule has 2 aliphatic rings. The topological polar surface area (TPSA) is 17.0 Å². The van der Waals surface area contributed by atoms with E-state index in [2.05, 4.69) is 34.1 Å². The van der Waals surface area contributed by atoms with Crippen LogP contribution in [-0.2, 0) is 13.0 Å². The first-order chi connectivity index (χ1) is 8.43. The van der Waals surface area contributed by atoms with Crippen LogP contribution in [-0.4, -0.2) is 11.1 Å². The first kappa shape index (κ1) is 9.72. The van der Waals surface area contributed by atoms with Crippen molar-refractivity contribution in [2.45, 2.75) is 38.3 Å². The van der Waals surface area contributed by atoms with E-state index in [1.54, 1.807) is 0 Å². The van der Waals surface area contributed by atoms with E-state index in [1.807, 2.05) is 0 Å². The second kappa shape index (κ2) is 3.61. The zero-order valence-corrected chi connectivity index (χ0v) is 10.1. The van der Waals surface area contributed by atoms with Crippen LogP contribution in [0.3, 0.4) is 0 Å². The highest BCUT2D eigenvalue weighted by molar-refractivity contribution is 5.85. The maximum atomic E-state index is 3.63. The van der Waals surface area contributed by atoms with Crippen molar-refractivity contribution >= 4 is 10.9 Å². The molecular formula is C15H18N2. The lowest BCUT2D eigenvalue weighted by molar-refractivity contribution is 0.547. The smallest absolute Gasteiger partial charge is 0.0515 e. The van der Waals surface area contributed by atoms with Crippen LogP contribution < -0.4 is 5.32 Å². The van der Waals surface area contributed by atoms with Gasteiger partial charge in [0, 0.05) is 23.7 Å². The molecular weight excluding hydrogens is 208 g/mol. The number of nitrogens with one attached hydrogen (secondary N) is 1. The van der Waals surface area contributed by atoms with E-state index >= 15 is 0 Å². The zero-order valence-electron chi connectivity index (χ0n) is 10.1. The van der Waals surface area contributed by atoms with Crippen LogP contribution in [0.25, 0.3) is 10.9 Å². The SMILES string of the molecule is c1cc2c3c(c1)cc(C1CCCN1)n3CCC2. The fourth-order valence-electron chi connectivity index (χ4n) is 3.52. The Morgan fingerprint density at radius 3 is 3.12 bits per heavy atom. The maximum absolute atomic E-state index is 3.63. The van der Waals surface area contributed by atoms with Crippen LogP contribution in [0.5, 0.6) is 0 Å². The highest BCUT2D eigenvalue weighted by Gasteiger charge is 2.23. The van der Waals surface area contributed by atoms with Gasteiger partial charge in [-0.3, -0.25) is 0 Å². The second-order valence-electron chi connectivity index (χ2n) is 5.33. The Morgan fingerprint density at radius 1 is 1.24 bits per heavy atom. The number of hydrogen-bond donors (Lipinski definition) is 1. The molecule has 1 fully saturated rings. The maximum Gasteiger partial charge on any atom is 0.0515 e. The fourth-order valence-corrected chi connectivity index (χ4v) is 3.52. The molecule has 1 unspecified atom stereocenters. The number of benzene rings is 1. The summed E-state index contributed by atoms with van der Waals surface area (Å²) in [7, 11) is 0. The van der Waals surface area contributed by atoms with Gasteiger partial charge >= 0.3 is 0 Å². The molecule has 1 saturated heterocycles. The van der Waals surface area contributed by atoms with Crippen molar-refractivity contribution in [3.05, 3.63) is 35.5 Å². The molecule has 1 atom stereocenters. The molecule has 0 amide bonds. The van der Waals surface area contributed by atoms with Crippen molar-refractivity contribution in [2.75, 3.05) is 6.54 Å². The minimum atomic E-state index is 0.591. The number of para-hydroxylation sites is 1. The summed E-state index contributed by atoms with van der Waals surface area (Å²) < 4.78 is 2.57. The van der Waals surface area contributed by atoms with Crippen molar-refractivity contribution in [1.82, 2.24) is 9.88 Å². The quantitative estimate of drug-likeness (QED) is 0.791. The van der Waals surface area contributed by atoms with Gasteiger partial charge in [-0.15, -0.1) is 0 Å². The molecule has 1 aromatic heterocycles. The molecule has 2 aromatic rings. The Hall–Kier alpha value is -1.28. The monoisotopic (exact) mass is 226 g/mol. The minimum absolute atomic E-state index is 0.591. The van der Waals surface area contributed by atoms with Gasteiger partial charge in [-0.05, 0) is 43.9 Å². The fraction of sp³-hybridized carbons (Fsp3) is 0.467. The molecule has 0 spiro atoms. The van der Waals surface area contributed by atoms with Crippen LogP contribution in [0, 0.1) is 0 Å².